The molecule has 26 heavy (non-hydrogen) atoms. The summed E-state index contributed by atoms with van der Waals surface area (Å²) in [4.78, 5) is 15.3. The van der Waals surface area contributed by atoms with Crippen LogP contribution in [0.4, 0.5) is 26.3 Å². The van der Waals surface area contributed by atoms with Gasteiger partial charge in [-0.2, -0.15) is 26.3 Å². The van der Waals surface area contributed by atoms with Crippen LogP contribution in [-0.2, 0) is 6.18 Å². The third kappa shape index (κ3) is 4.91. The maximum absolute atomic E-state index is 12.5. The highest BCUT2D eigenvalue weighted by atomic mass is 19.4. The van der Waals surface area contributed by atoms with E-state index in [1.165, 1.54) is 0 Å². The lowest BCUT2D eigenvalue weighted by atomic mass is 10.2. The summed E-state index contributed by atoms with van der Waals surface area (Å²) in [7, 11) is 0. The molecule has 142 valence electrons. The normalized spacial score (nSPS) is 13.5. The molecule has 1 atom stereocenters. The van der Waals surface area contributed by atoms with Gasteiger partial charge < -0.3 is 10.4 Å². The minimum atomic E-state index is -4.79. The van der Waals surface area contributed by atoms with E-state index in [1.54, 1.807) is 0 Å². The van der Waals surface area contributed by atoms with Gasteiger partial charge in [0.25, 0.3) is 5.91 Å². The van der Waals surface area contributed by atoms with Gasteiger partial charge in [-0.15, -0.1) is 5.10 Å². The lowest BCUT2D eigenvalue weighted by Crippen LogP contribution is -2.34. The molecule has 0 aliphatic heterocycles. The highest BCUT2D eigenvalue weighted by Gasteiger charge is 2.37. The monoisotopic (exact) mass is 383 g/mol. The van der Waals surface area contributed by atoms with E-state index in [9.17, 15) is 31.1 Å². The molecule has 0 bridgehead atoms. The Morgan fingerprint density at radius 1 is 1.23 bits per heavy atom. The van der Waals surface area contributed by atoms with Crippen molar-refractivity contribution in [3.8, 4) is 5.82 Å². The highest BCUT2D eigenvalue weighted by molar-refractivity contribution is 5.91. The summed E-state index contributed by atoms with van der Waals surface area (Å²) >= 11 is 0. The summed E-state index contributed by atoms with van der Waals surface area (Å²) in [5.41, 5.74) is -1.25. The van der Waals surface area contributed by atoms with Crippen molar-refractivity contribution in [2.24, 2.45) is 0 Å². The fourth-order valence-corrected chi connectivity index (χ4v) is 1.75. The molecular formula is C13H11F6N5O2. The number of halogens is 6. The first-order valence-corrected chi connectivity index (χ1v) is 6.97. The van der Waals surface area contributed by atoms with E-state index >= 15 is 0 Å². The van der Waals surface area contributed by atoms with Gasteiger partial charge in [0, 0.05) is 12.7 Å². The van der Waals surface area contributed by atoms with E-state index < -0.39 is 42.9 Å². The van der Waals surface area contributed by atoms with Gasteiger partial charge in [0.05, 0.1) is 11.8 Å². The Bertz CT molecular complexity index is 756. The van der Waals surface area contributed by atoms with Gasteiger partial charge in [0.15, 0.2) is 17.6 Å². The average molecular weight is 383 g/mol. The Balaban J connectivity index is 1.97. The predicted octanol–water partition coefficient (Wildman–Crippen LogP) is 1.72. The third-order valence-corrected chi connectivity index (χ3v) is 3.12. The van der Waals surface area contributed by atoms with Crippen molar-refractivity contribution in [1.29, 1.82) is 0 Å². The number of pyridine rings is 1. The molecule has 0 unspecified atom stereocenters. The van der Waals surface area contributed by atoms with Crippen LogP contribution in [-0.4, -0.2) is 49.8 Å². The van der Waals surface area contributed by atoms with Crippen molar-refractivity contribution >= 4 is 5.91 Å². The van der Waals surface area contributed by atoms with Crippen LogP contribution in [0.3, 0.4) is 0 Å². The molecule has 2 N–H and O–H groups in total. The number of nitrogens with one attached hydrogen (secondary N) is 1. The number of aliphatic hydroxyl groups excluding tert-OH is 1. The molecule has 0 aromatic carbocycles. The maximum Gasteiger partial charge on any atom is 0.417 e. The molecule has 0 spiro atoms. The number of hydrogen-bond acceptors (Lipinski definition) is 5. The number of carbonyl (C=O) groups is 1. The van der Waals surface area contributed by atoms with E-state index in [2.05, 4.69) is 20.6 Å². The molecule has 0 aliphatic rings. The molecule has 0 saturated carbocycles. The minimum Gasteiger partial charge on any atom is -0.384 e. The fraction of sp³-hybridized carbons (Fsp3) is 0.385. The van der Waals surface area contributed by atoms with Crippen molar-refractivity contribution in [3.05, 3.63) is 35.8 Å². The molecule has 7 nitrogen and oxygen atoms in total. The van der Waals surface area contributed by atoms with E-state index in [-0.39, 0.29) is 11.5 Å². The zero-order valence-corrected chi connectivity index (χ0v) is 12.7. The number of carbonyl (C=O) groups excluding carboxylic acids is 1. The van der Waals surface area contributed by atoms with Gasteiger partial charge in [-0.1, -0.05) is 5.21 Å². The van der Waals surface area contributed by atoms with Crippen molar-refractivity contribution < 1.29 is 36.2 Å². The lowest BCUT2D eigenvalue weighted by molar-refractivity contribution is -0.204. The van der Waals surface area contributed by atoms with Crippen molar-refractivity contribution in [2.45, 2.75) is 24.9 Å². The van der Waals surface area contributed by atoms with E-state index in [4.69, 9.17) is 5.11 Å². The second kappa shape index (κ2) is 7.27. The topological polar surface area (TPSA) is 92.9 Å². The Labute approximate surface area is 141 Å². The first-order valence-electron chi connectivity index (χ1n) is 6.97. The van der Waals surface area contributed by atoms with Gasteiger partial charge in [-0.3, -0.25) is 4.79 Å². The SMILES string of the molecule is O=C(NCC[C@H](O)C(F)(F)F)c1cn(-c2ccc(C(F)(F)F)cn2)nn1. The quantitative estimate of drug-likeness (QED) is 0.767. The lowest BCUT2D eigenvalue weighted by Gasteiger charge is -2.14. The molecule has 2 rings (SSSR count). The summed E-state index contributed by atoms with van der Waals surface area (Å²) in [6, 6.07) is 1.78. The van der Waals surface area contributed by atoms with Crippen molar-refractivity contribution in [3.63, 3.8) is 0 Å². The number of aliphatic hydroxyl groups is 1. The van der Waals surface area contributed by atoms with Gasteiger partial charge in [-0.25, -0.2) is 9.67 Å². The summed E-state index contributed by atoms with van der Waals surface area (Å²) in [6.07, 6.45) is -11.0. The molecule has 0 aliphatic carbocycles. The second-order valence-electron chi connectivity index (χ2n) is 5.05. The minimum absolute atomic E-state index is 0.0444. The smallest absolute Gasteiger partial charge is 0.384 e. The molecule has 2 aromatic rings. The van der Waals surface area contributed by atoms with Crippen LogP contribution in [0.15, 0.2) is 24.5 Å². The standard InChI is InChI=1S/C13H11F6N5O2/c14-12(15,16)7-1-2-10(21-5-7)24-6-8(22-23-24)11(26)20-4-3-9(25)13(17,18)19/h1-2,5-6,9,25H,3-4H2,(H,20,26)/t9-/m0/s1. The molecular weight excluding hydrogens is 372 g/mol. The first-order chi connectivity index (χ1) is 12.0. The summed E-state index contributed by atoms with van der Waals surface area (Å²) in [5, 5.41) is 17.9. The zero-order valence-electron chi connectivity index (χ0n) is 12.7. The second-order valence-corrected chi connectivity index (χ2v) is 5.05. The number of hydrogen-bond donors (Lipinski definition) is 2. The summed E-state index contributed by atoms with van der Waals surface area (Å²) < 4.78 is 74.7. The molecule has 0 saturated heterocycles. The van der Waals surface area contributed by atoms with Crippen LogP contribution in [0.5, 0.6) is 0 Å². The van der Waals surface area contributed by atoms with Crippen LogP contribution < -0.4 is 5.32 Å². The molecule has 0 radical (unpaired) electrons. The number of alkyl halides is 6. The Hall–Kier alpha value is -2.70. The molecule has 0 fully saturated rings. The van der Waals surface area contributed by atoms with Crippen LogP contribution in [0.1, 0.15) is 22.5 Å². The zero-order chi connectivity index (χ0) is 19.5. The van der Waals surface area contributed by atoms with Gasteiger partial charge in [0.1, 0.15) is 0 Å². The van der Waals surface area contributed by atoms with E-state index in [0.29, 0.717) is 6.20 Å². The van der Waals surface area contributed by atoms with Crippen LogP contribution >= 0.6 is 0 Å². The highest BCUT2D eigenvalue weighted by Crippen LogP contribution is 2.28. The van der Waals surface area contributed by atoms with Crippen LogP contribution in [0, 0.1) is 0 Å². The molecule has 13 heteroatoms. The number of amides is 1. The van der Waals surface area contributed by atoms with Gasteiger partial charge >= 0.3 is 12.4 Å². The van der Waals surface area contributed by atoms with E-state index in [0.717, 1.165) is 23.0 Å². The number of aromatic nitrogens is 4. The maximum atomic E-state index is 12.5. The van der Waals surface area contributed by atoms with Crippen LogP contribution in [0.25, 0.3) is 5.82 Å². The van der Waals surface area contributed by atoms with Crippen molar-refractivity contribution in [2.75, 3.05) is 6.54 Å². The predicted molar refractivity (Wildman–Crippen MR) is 73.2 cm³/mol. The van der Waals surface area contributed by atoms with Crippen LogP contribution in [0.2, 0.25) is 0 Å². The number of nitrogens with zero attached hydrogens (tertiary/aromatic N) is 4. The summed E-state index contributed by atoms with van der Waals surface area (Å²) in [6.45, 7) is -0.467. The van der Waals surface area contributed by atoms with E-state index in [1.807, 2.05) is 0 Å². The Morgan fingerprint density at radius 2 is 1.92 bits per heavy atom. The molecule has 2 aromatic heterocycles. The third-order valence-electron chi connectivity index (χ3n) is 3.12. The van der Waals surface area contributed by atoms with Gasteiger partial charge in [-0.05, 0) is 18.6 Å². The fourth-order valence-electron chi connectivity index (χ4n) is 1.75. The largest absolute Gasteiger partial charge is 0.417 e. The van der Waals surface area contributed by atoms with Crippen molar-refractivity contribution in [1.82, 2.24) is 25.3 Å². The molecule has 1 amide bonds. The number of rotatable bonds is 5. The van der Waals surface area contributed by atoms with Gasteiger partial charge in [0.2, 0.25) is 0 Å². The molecule has 2 heterocycles. The Morgan fingerprint density at radius 3 is 2.46 bits per heavy atom. The first kappa shape index (κ1) is 19.6. The Kier molecular flexibility index (Phi) is 5.49. The summed E-state index contributed by atoms with van der Waals surface area (Å²) in [5.74, 6) is -0.908. The average Bonchev–Trinajstić information content (AvgIpc) is 3.03.